The van der Waals surface area contributed by atoms with Crippen molar-refractivity contribution in [3.63, 3.8) is 0 Å². The summed E-state index contributed by atoms with van der Waals surface area (Å²) in [5.74, 6) is 1.17. The molecule has 1 saturated heterocycles. The molecule has 1 aromatic rings. The third-order valence-corrected chi connectivity index (χ3v) is 4.98. The maximum atomic E-state index is 12.9. The number of carbonyl (C=O) groups is 1. The van der Waals surface area contributed by atoms with E-state index < -0.39 is 0 Å². The SMILES string of the molecule is CCCNc1ccc(C)cc1C(=O)N1CCSC(C)(C)C1. The van der Waals surface area contributed by atoms with Crippen LogP contribution in [0.5, 0.6) is 0 Å². The van der Waals surface area contributed by atoms with E-state index in [1.165, 1.54) is 0 Å². The molecule has 1 heterocycles. The van der Waals surface area contributed by atoms with Crippen LogP contribution in [0.25, 0.3) is 0 Å². The van der Waals surface area contributed by atoms with Gasteiger partial charge in [-0.3, -0.25) is 4.79 Å². The number of hydrogen-bond acceptors (Lipinski definition) is 3. The number of thioether (sulfide) groups is 1. The summed E-state index contributed by atoms with van der Waals surface area (Å²) < 4.78 is 0.148. The van der Waals surface area contributed by atoms with Gasteiger partial charge in [-0.15, -0.1) is 0 Å². The van der Waals surface area contributed by atoms with Crippen molar-refractivity contribution < 1.29 is 4.79 Å². The van der Waals surface area contributed by atoms with Gasteiger partial charge in [0.25, 0.3) is 5.91 Å². The lowest BCUT2D eigenvalue weighted by molar-refractivity contribution is 0.0749. The molecule has 116 valence electrons. The van der Waals surface area contributed by atoms with Gasteiger partial charge in [0, 0.05) is 35.8 Å². The van der Waals surface area contributed by atoms with Crippen molar-refractivity contribution in [3.8, 4) is 0 Å². The Kier molecular flexibility index (Phi) is 5.20. The average molecular weight is 306 g/mol. The smallest absolute Gasteiger partial charge is 0.256 e. The summed E-state index contributed by atoms with van der Waals surface area (Å²) in [6.07, 6.45) is 1.05. The highest BCUT2D eigenvalue weighted by Gasteiger charge is 2.30. The number of hydrogen-bond donors (Lipinski definition) is 1. The molecule has 21 heavy (non-hydrogen) atoms. The van der Waals surface area contributed by atoms with E-state index >= 15 is 0 Å². The van der Waals surface area contributed by atoms with E-state index in [2.05, 4.69) is 32.2 Å². The number of amides is 1. The van der Waals surface area contributed by atoms with Crippen molar-refractivity contribution in [3.05, 3.63) is 29.3 Å². The quantitative estimate of drug-likeness (QED) is 0.918. The molecule has 0 unspecified atom stereocenters. The Morgan fingerprint density at radius 2 is 2.19 bits per heavy atom. The monoisotopic (exact) mass is 306 g/mol. The first kappa shape index (κ1) is 16.2. The van der Waals surface area contributed by atoms with E-state index in [1.54, 1.807) is 0 Å². The summed E-state index contributed by atoms with van der Waals surface area (Å²) in [5, 5.41) is 3.38. The Balaban J connectivity index is 2.23. The van der Waals surface area contributed by atoms with Crippen LogP contribution in [-0.4, -0.2) is 40.9 Å². The minimum Gasteiger partial charge on any atom is -0.384 e. The molecular weight excluding hydrogens is 280 g/mol. The number of carbonyl (C=O) groups excluding carboxylic acids is 1. The lowest BCUT2D eigenvalue weighted by Gasteiger charge is -2.37. The maximum Gasteiger partial charge on any atom is 0.256 e. The van der Waals surface area contributed by atoms with E-state index in [4.69, 9.17) is 0 Å². The summed E-state index contributed by atoms with van der Waals surface area (Å²) in [5.41, 5.74) is 2.90. The Morgan fingerprint density at radius 3 is 2.86 bits per heavy atom. The molecule has 1 amide bonds. The molecule has 1 aromatic carbocycles. The Hall–Kier alpha value is -1.16. The van der Waals surface area contributed by atoms with Gasteiger partial charge in [-0.05, 0) is 39.3 Å². The second-order valence-corrected chi connectivity index (χ2v) is 8.11. The van der Waals surface area contributed by atoms with Gasteiger partial charge >= 0.3 is 0 Å². The minimum atomic E-state index is 0.148. The van der Waals surface area contributed by atoms with Gasteiger partial charge in [0.15, 0.2) is 0 Å². The molecule has 0 spiro atoms. The zero-order valence-electron chi connectivity index (χ0n) is 13.5. The average Bonchev–Trinajstić information content (AvgIpc) is 2.44. The summed E-state index contributed by atoms with van der Waals surface area (Å²) in [4.78, 5) is 14.9. The van der Waals surface area contributed by atoms with Gasteiger partial charge in [0.05, 0.1) is 5.56 Å². The number of rotatable bonds is 4. The van der Waals surface area contributed by atoms with Gasteiger partial charge in [0.2, 0.25) is 0 Å². The van der Waals surface area contributed by atoms with Gasteiger partial charge in [0.1, 0.15) is 0 Å². The van der Waals surface area contributed by atoms with Crippen LogP contribution in [0, 0.1) is 6.92 Å². The molecule has 4 heteroatoms. The van der Waals surface area contributed by atoms with Crippen LogP contribution < -0.4 is 5.32 Å². The normalized spacial score (nSPS) is 17.6. The number of nitrogens with zero attached hydrogens (tertiary/aromatic N) is 1. The van der Waals surface area contributed by atoms with E-state index in [9.17, 15) is 4.79 Å². The van der Waals surface area contributed by atoms with Crippen LogP contribution in [0.3, 0.4) is 0 Å². The topological polar surface area (TPSA) is 32.3 Å². The Bertz CT molecular complexity index is 514. The summed E-state index contributed by atoms with van der Waals surface area (Å²) in [6, 6.07) is 6.10. The lowest BCUT2D eigenvalue weighted by atomic mass is 10.1. The van der Waals surface area contributed by atoms with Crippen molar-refractivity contribution in [2.24, 2.45) is 0 Å². The number of benzene rings is 1. The molecule has 0 aromatic heterocycles. The van der Waals surface area contributed by atoms with Crippen molar-refractivity contribution in [1.82, 2.24) is 4.90 Å². The summed E-state index contributed by atoms with van der Waals surface area (Å²) in [7, 11) is 0. The fourth-order valence-corrected chi connectivity index (χ4v) is 3.72. The van der Waals surface area contributed by atoms with E-state index in [0.717, 1.165) is 48.6 Å². The summed E-state index contributed by atoms with van der Waals surface area (Å²) >= 11 is 1.95. The largest absolute Gasteiger partial charge is 0.384 e. The van der Waals surface area contributed by atoms with Crippen molar-refractivity contribution in [2.45, 2.75) is 38.9 Å². The Morgan fingerprint density at radius 1 is 1.43 bits per heavy atom. The highest BCUT2D eigenvalue weighted by Crippen LogP contribution is 2.31. The lowest BCUT2D eigenvalue weighted by Crippen LogP contribution is -2.46. The molecule has 0 bridgehead atoms. The first-order valence-electron chi connectivity index (χ1n) is 7.71. The second-order valence-electron chi connectivity index (χ2n) is 6.31. The maximum absolute atomic E-state index is 12.9. The minimum absolute atomic E-state index is 0.148. The Labute approximate surface area is 132 Å². The molecule has 1 N–H and O–H groups in total. The van der Waals surface area contributed by atoms with Gasteiger partial charge in [-0.2, -0.15) is 11.8 Å². The molecule has 0 saturated carbocycles. The third-order valence-electron chi connectivity index (χ3n) is 3.68. The van der Waals surface area contributed by atoms with Crippen molar-refractivity contribution >= 4 is 23.4 Å². The standard InChI is InChI=1S/C17H26N2OS/c1-5-8-18-15-7-6-13(2)11-14(15)16(20)19-9-10-21-17(3,4)12-19/h6-7,11,18H,5,8-10,12H2,1-4H3. The molecular formula is C17H26N2OS. The van der Waals surface area contributed by atoms with Crippen molar-refractivity contribution in [2.75, 3.05) is 30.7 Å². The van der Waals surface area contributed by atoms with Crippen LogP contribution in [0.15, 0.2) is 18.2 Å². The van der Waals surface area contributed by atoms with Crippen LogP contribution in [0.4, 0.5) is 5.69 Å². The van der Waals surface area contributed by atoms with Crippen LogP contribution in [0.2, 0.25) is 0 Å². The van der Waals surface area contributed by atoms with E-state index in [-0.39, 0.29) is 10.7 Å². The van der Waals surface area contributed by atoms with Gasteiger partial charge < -0.3 is 10.2 Å². The molecule has 0 atom stereocenters. The highest BCUT2D eigenvalue weighted by molar-refractivity contribution is 8.00. The predicted molar refractivity (Wildman–Crippen MR) is 92.4 cm³/mol. The van der Waals surface area contributed by atoms with Gasteiger partial charge in [-0.25, -0.2) is 0 Å². The molecule has 1 aliphatic rings. The van der Waals surface area contributed by atoms with Crippen LogP contribution in [0.1, 0.15) is 43.1 Å². The molecule has 2 rings (SSSR count). The number of nitrogens with one attached hydrogen (secondary N) is 1. The second kappa shape index (κ2) is 6.73. The van der Waals surface area contributed by atoms with E-state index in [0.29, 0.717) is 0 Å². The number of aryl methyl sites for hydroxylation is 1. The highest BCUT2D eigenvalue weighted by atomic mass is 32.2. The van der Waals surface area contributed by atoms with Gasteiger partial charge in [-0.1, -0.05) is 18.6 Å². The van der Waals surface area contributed by atoms with E-state index in [1.807, 2.05) is 35.7 Å². The van der Waals surface area contributed by atoms with Crippen LogP contribution in [-0.2, 0) is 0 Å². The fourth-order valence-electron chi connectivity index (χ4n) is 2.61. The first-order valence-corrected chi connectivity index (χ1v) is 8.69. The van der Waals surface area contributed by atoms with Crippen molar-refractivity contribution in [1.29, 1.82) is 0 Å². The summed E-state index contributed by atoms with van der Waals surface area (Å²) in [6.45, 7) is 11.1. The molecule has 1 fully saturated rings. The fraction of sp³-hybridized carbons (Fsp3) is 0.588. The molecule has 1 aliphatic heterocycles. The van der Waals surface area contributed by atoms with Crippen LogP contribution >= 0.6 is 11.8 Å². The number of anilines is 1. The molecule has 0 radical (unpaired) electrons. The molecule has 0 aliphatic carbocycles. The molecule has 3 nitrogen and oxygen atoms in total. The third kappa shape index (κ3) is 4.16. The zero-order chi connectivity index (χ0) is 15.5. The predicted octanol–water partition coefficient (Wildman–Crippen LogP) is 3.78. The zero-order valence-corrected chi connectivity index (χ0v) is 14.3. The first-order chi connectivity index (χ1) is 9.93.